The number of nitrogens with zero attached hydrogens (tertiary/aromatic N) is 1. The summed E-state index contributed by atoms with van der Waals surface area (Å²) in [5.41, 5.74) is 2.11. The molecular formula is C12H19BrN2O. The first-order valence-corrected chi connectivity index (χ1v) is 6.15. The monoisotopic (exact) mass is 286 g/mol. The van der Waals surface area contributed by atoms with Crippen LogP contribution in [0.1, 0.15) is 25.8 Å². The fourth-order valence-corrected chi connectivity index (χ4v) is 1.48. The number of ether oxygens (including phenoxy) is 1. The molecule has 0 saturated heterocycles. The van der Waals surface area contributed by atoms with Crippen molar-refractivity contribution in [2.24, 2.45) is 0 Å². The molecule has 1 N–H and O–H groups in total. The molecule has 0 unspecified atom stereocenters. The first kappa shape index (κ1) is 13.5. The molecule has 0 amide bonds. The Labute approximate surface area is 106 Å². The van der Waals surface area contributed by atoms with Gasteiger partial charge in [-0.15, -0.1) is 0 Å². The summed E-state index contributed by atoms with van der Waals surface area (Å²) >= 11 is 3.38. The van der Waals surface area contributed by atoms with Crippen LogP contribution in [0.25, 0.3) is 0 Å². The van der Waals surface area contributed by atoms with Crippen LogP contribution in [0.2, 0.25) is 0 Å². The second kappa shape index (κ2) is 5.64. The zero-order chi connectivity index (χ0) is 12.2. The lowest BCUT2D eigenvalue weighted by Gasteiger charge is -2.23. The van der Waals surface area contributed by atoms with Crippen LogP contribution in [0.5, 0.6) is 0 Å². The Bertz CT molecular complexity index is 353. The molecule has 1 rings (SSSR count). The molecule has 1 heterocycles. The fourth-order valence-electron chi connectivity index (χ4n) is 1.26. The molecule has 90 valence electrons. The van der Waals surface area contributed by atoms with E-state index in [4.69, 9.17) is 4.74 Å². The van der Waals surface area contributed by atoms with Gasteiger partial charge in [-0.3, -0.25) is 0 Å². The molecule has 1 aromatic rings. The van der Waals surface area contributed by atoms with Gasteiger partial charge in [0, 0.05) is 13.7 Å². The Hall–Kier alpha value is -0.610. The molecule has 0 saturated carbocycles. The third kappa shape index (κ3) is 4.10. The predicted octanol–water partition coefficient (Wildman–Crippen LogP) is 3.38. The Morgan fingerprint density at radius 1 is 1.50 bits per heavy atom. The lowest BCUT2D eigenvalue weighted by molar-refractivity contribution is 0.0185. The van der Waals surface area contributed by atoms with Gasteiger partial charge in [-0.2, -0.15) is 0 Å². The zero-order valence-electron chi connectivity index (χ0n) is 10.3. The lowest BCUT2D eigenvalue weighted by Crippen LogP contribution is -2.25. The number of anilines is 1. The maximum Gasteiger partial charge on any atom is 0.109 e. The molecular weight excluding hydrogens is 268 g/mol. The Morgan fingerprint density at radius 3 is 2.75 bits per heavy atom. The number of methoxy groups -OCH3 is 1. The van der Waals surface area contributed by atoms with Crippen molar-refractivity contribution < 1.29 is 4.74 Å². The predicted molar refractivity (Wildman–Crippen MR) is 70.9 cm³/mol. The van der Waals surface area contributed by atoms with Crippen molar-refractivity contribution in [2.75, 3.05) is 19.0 Å². The van der Waals surface area contributed by atoms with E-state index in [-0.39, 0.29) is 5.60 Å². The number of pyridine rings is 1. The van der Waals surface area contributed by atoms with Crippen LogP contribution < -0.4 is 5.32 Å². The van der Waals surface area contributed by atoms with Crippen molar-refractivity contribution >= 4 is 21.6 Å². The smallest absolute Gasteiger partial charge is 0.109 e. The molecule has 1 aromatic heterocycles. The van der Waals surface area contributed by atoms with Gasteiger partial charge >= 0.3 is 0 Å². The van der Waals surface area contributed by atoms with Gasteiger partial charge in [0.05, 0.1) is 17.5 Å². The second-order valence-electron chi connectivity index (χ2n) is 4.47. The lowest BCUT2D eigenvalue weighted by atomic mass is 10.1. The number of aromatic nitrogens is 1. The third-order valence-electron chi connectivity index (χ3n) is 2.62. The molecule has 16 heavy (non-hydrogen) atoms. The van der Waals surface area contributed by atoms with Gasteiger partial charge in [0.2, 0.25) is 0 Å². The van der Waals surface area contributed by atoms with Crippen molar-refractivity contribution in [2.45, 2.75) is 32.8 Å². The van der Waals surface area contributed by atoms with Gasteiger partial charge in [-0.25, -0.2) is 4.98 Å². The first-order valence-electron chi connectivity index (χ1n) is 5.36. The minimum absolute atomic E-state index is 0.0785. The zero-order valence-corrected chi connectivity index (χ0v) is 11.9. The maximum atomic E-state index is 5.36. The van der Waals surface area contributed by atoms with E-state index in [0.717, 1.165) is 28.8 Å². The number of hydrogen-bond donors (Lipinski definition) is 1. The highest BCUT2D eigenvalue weighted by molar-refractivity contribution is 9.10. The topological polar surface area (TPSA) is 34.1 Å². The largest absolute Gasteiger partial charge is 0.384 e. The standard InChI is InChI=1S/C12H19BrN2O/c1-9-7-10(8-15-11(9)13)14-6-5-12(2,3)16-4/h7-8,14H,5-6H2,1-4H3. The van der Waals surface area contributed by atoms with E-state index in [9.17, 15) is 0 Å². The molecule has 0 aliphatic rings. The summed E-state index contributed by atoms with van der Waals surface area (Å²) in [6, 6.07) is 2.08. The van der Waals surface area contributed by atoms with Crippen molar-refractivity contribution in [3.63, 3.8) is 0 Å². The maximum absolute atomic E-state index is 5.36. The average Bonchev–Trinajstić information content (AvgIpc) is 2.23. The number of aryl methyl sites for hydroxylation is 1. The fraction of sp³-hybridized carbons (Fsp3) is 0.583. The number of nitrogens with one attached hydrogen (secondary N) is 1. The van der Waals surface area contributed by atoms with Crippen molar-refractivity contribution in [1.82, 2.24) is 4.98 Å². The minimum Gasteiger partial charge on any atom is -0.384 e. The Balaban J connectivity index is 2.46. The highest BCUT2D eigenvalue weighted by Gasteiger charge is 2.15. The Morgan fingerprint density at radius 2 is 2.19 bits per heavy atom. The second-order valence-corrected chi connectivity index (χ2v) is 5.22. The van der Waals surface area contributed by atoms with Gasteiger partial charge < -0.3 is 10.1 Å². The molecule has 0 aromatic carbocycles. The molecule has 0 fully saturated rings. The van der Waals surface area contributed by atoms with Crippen LogP contribution in [0.15, 0.2) is 16.9 Å². The highest BCUT2D eigenvalue weighted by Crippen LogP contribution is 2.18. The molecule has 0 bridgehead atoms. The SMILES string of the molecule is COC(C)(C)CCNc1cnc(Br)c(C)c1. The summed E-state index contributed by atoms with van der Waals surface area (Å²) in [7, 11) is 1.74. The summed E-state index contributed by atoms with van der Waals surface area (Å²) in [6.07, 6.45) is 2.79. The van der Waals surface area contributed by atoms with Gasteiger partial charge in [0.1, 0.15) is 4.60 Å². The first-order chi connectivity index (χ1) is 7.44. The number of rotatable bonds is 5. The van der Waals surface area contributed by atoms with Gasteiger partial charge in [-0.05, 0) is 54.8 Å². The van der Waals surface area contributed by atoms with E-state index in [2.05, 4.69) is 46.1 Å². The van der Waals surface area contributed by atoms with E-state index >= 15 is 0 Å². The molecule has 0 aliphatic carbocycles. The number of halogens is 1. The quantitative estimate of drug-likeness (QED) is 0.843. The van der Waals surface area contributed by atoms with E-state index < -0.39 is 0 Å². The average molecular weight is 287 g/mol. The molecule has 0 radical (unpaired) electrons. The van der Waals surface area contributed by atoms with Crippen molar-refractivity contribution in [3.05, 3.63) is 22.4 Å². The number of hydrogen-bond acceptors (Lipinski definition) is 3. The Kier molecular flexibility index (Phi) is 4.74. The molecule has 0 aliphatic heterocycles. The summed E-state index contributed by atoms with van der Waals surface area (Å²) in [4.78, 5) is 4.24. The van der Waals surface area contributed by atoms with Crippen LogP contribution in [0.3, 0.4) is 0 Å². The highest BCUT2D eigenvalue weighted by atomic mass is 79.9. The normalized spacial score (nSPS) is 11.6. The van der Waals surface area contributed by atoms with Crippen molar-refractivity contribution in [1.29, 1.82) is 0 Å². The van der Waals surface area contributed by atoms with Crippen molar-refractivity contribution in [3.8, 4) is 0 Å². The van der Waals surface area contributed by atoms with E-state index in [1.807, 2.05) is 13.1 Å². The summed E-state index contributed by atoms with van der Waals surface area (Å²) in [5, 5.41) is 3.34. The van der Waals surface area contributed by atoms with E-state index in [1.54, 1.807) is 7.11 Å². The van der Waals surface area contributed by atoms with Gasteiger partial charge in [0.25, 0.3) is 0 Å². The van der Waals surface area contributed by atoms with Crippen LogP contribution in [0, 0.1) is 6.92 Å². The summed E-state index contributed by atoms with van der Waals surface area (Å²) < 4.78 is 6.25. The van der Waals surface area contributed by atoms with Crippen LogP contribution >= 0.6 is 15.9 Å². The van der Waals surface area contributed by atoms with Crippen LogP contribution in [-0.2, 0) is 4.74 Å². The van der Waals surface area contributed by atoms with E-state index in [1.165, 1.54) is 0 Å². The van der Waals surface area contributed by atoms with Crippen LogP contribution in [0.4, 0.5) is 5.69 Å². The van der Waals surface area contributed by atoms with Gasteiger partial charge in [0.15, 0.2) is 0 Å². The minimum atomic E-state index is -0.0785. The molecule has 0 spiro atoms. The molecule has 3 nitrogen and oxygen atoms in total. The van der Waals surface area contributed by atoms with E-state index in [0.29, 0.717) is 0 Å². The molecule has 0 atom stereocenters. The third-order valence-corrected chi connectivity index (χ3v) is 3.45. The molecule has 4 heteroatoms. The summed E-state index contributed by atoms with van der Waals surface area (Å²) in [5.74, 6) is 0. The van der Waals surface area contributed by atoms with Crippen LogP contribution in [-0.4, -0.2) is 24.2 Å². The van der Waals surface area contributed by atoms with Gasteiger partial charge in [-0.1, -0.05) is 0 Å². The summed E-state index contributed by atoms with van der Waals surface area (Å²) in [6.45, 7) is 7.07.